The third-order valence-electron chi connectivity index (χ3n) is 6.63. The molecule has 5 fully saturated rings. The summed E-state index contributed by atoms with van der Waals surface area (Å²) >= 11 is 6.30. The number of ether oxygens (including phenoxy) is 1. The van der Waals surface area contributed by atoms with E-state index in [9.17, 15) is 4.79 Å². The van der Waals surface area contributed by atoms with Crippen LogP contribution in [0.5, 0.6) is 0 Å². The summed E-state index contributed by atoms with van der Waals surface area (Å²) in [5, 5.41) is 0.692. The predicted molar refractivity (Wildman–Crippen MR) is 88.2 cm³/mol. The summed E-state index contributed by atoms with van der Waals surface area (Å²) in [6, 6.07) is 8.12. The van der Waals surface area contributed by atoms with Crippen molar-refractivity contribution in [2.24, 2.45) is 23.7 Å². The summed E-state index contributed by atoms with van der Waals surface area (Å²) in [7, 11) is 0. The van der Waals surface area contributed by atoms with Gasteiger partial charge in [-0.05, 0) is 61.8 Å². The molecule has 4 aliphatic carbocycles. The van der Waals surface area contributed by atoms with Crippen molar-refractivity contribution in [1.82, 2.24) is 4.90 Å². The van der Waals surface area contributed by atoms with Gasteiger partial charge in [0.15, 0.2) is 0 Å². The summed E-state index contributed by atoms with van der Waals surface area (Å²) in [6.45, 7) is 0.662. The van der Waals surface area contributed by atoms with Gasteiger partial charge in [-0.15, -0.1) is 0 Å². The SMILES string of the molecule is O=C1O[C@@H](c2ccccc2Cl)CN1C1C2CC3CC(C2)CC1C3. The van der Waals surface area contributed by atoms with Crippen LogP contribution in [-0.2, 0) is 4.74 Å². The Balaban J connectivity index is 1.40. The molecule has 4 heteroatoms. The molecule has 1 amide bonds. The topological polar surface area (TPSA) is 29.5 Å². The van der Waals surface area contributed by atoms with E-state index >= 15 is 0 Å². The number of rotatable bonds is 2. The van der Waals surface area contributed by atoms with E-state index in [0.717, 1.165) is 17.4 Å². The number of halogens is 1. The van der Waals surface area contributed by atoms with E-state index in [1.54, 1.807) is 0 Å². The number of cyclic esters (lactones) is 1. The molecule has 3 nitrogen and oxygen atoms in total. The van der Waals surface area contributed by atoms with Gasteiger partial charge in [-0.25, -0.2) is 4.79 Å². The summed E-state index contributed by atoms with van der Waals surface area (Å²) in [6.07, 6.45) is 6.36. The number of benzene rings is 1. The molecule has 0 aromatic heterocycles. The second kappa shape index (κ2) is 5.14. The lowest BCUT2D eigenvalue weighted by Gasteiger charge is -2.56. The van der Waals surface area contributed by atoms with E-state index in [4.69, 9.17) is 16.3 Å². The fourth-order valence-corrected chi connectivity index (χ4v) is 6.28. The van der Waals surface area contributed by atoms with Crippen molar-refractivity contribution in [2.75, 3.05) is 6.54 Å². The van der Waals surface area contributed by atoms with Gasteiger partial charge in [0, 0.05) is 16.6 Å². The lowest BCUT2D eigenvalue weighted by Crippen LogP contribution is -2.56. The van der Waals surface area contributed by atoms with E-state index < -0.39 is 0 Å². The molecular weight excluding hydrogens is 310 g/mol. The fraction of sp³-hybridized carbons (Fsp3) is 0.632. The van der Waals surface area contributed by atoms with E-state index in [1.807, 2.05) is 29.2 Å². The maximum atomic E-state index is 12.6. The molecule has 0 unspecified atom stereocenters. The number of hydrogen-bond acceptors (Lipinski definition) is 2. The van der Waals surface area contributed by atoms with Gasteiger partial charge in [0.2, 0.25) is 0 Å². The molecular formula is C19H22ClNO2. The Bertz CT molecular complexity index is 618. The molecule has 1 aliphatic heterocycles. The molecule has 1 saturated heterocycles. The van der Waals surface area contributed by atoms with Crippen molar-refractivity contribution in [1.29, 1.82) is 0 Å². The third-order valence-corrected chi connectivity index (χ3v) is 6.97. The van der Waals surface area contributed by atoms with Crippen LogP contribution < -0.4 is 0 Å². The van der Waals surface area contributed by atoms with E-state index in [0.29, 0.717) is 29.4 Å². The highest BCUT2D eigenvalue weighted by molar-refractivity contribution is 6.31. The number of nitrogens with zero attached hydrogens (tertiary/aromatic N) is 1. The molecule has 5 aliphatic rings. The molecule has 0 radical (unpaired) electrons. The smallest absolute Gasteiger partial charge is 0.410 e. The average Bonchev–Trinajstić information content (AvgIpc) is 2.88. The second-order valence-electron chi connectivity index (χ2n) is 7.97. The Morgan fingerprint density at radius 3 is 2.30 bits per heavy atom. The Labute approximate surface area is 141 Å². The highest BCUT2D eigenvalue weighted by Gasteiger charge is 2.53. The first-order chi connectivity index (χ1) is 11.2. The van der Waals surface area contributed by atoms with E-state index in [2.05, 4.69) is 0 Å². The minimum Gasteiger partial charge on any atom is -0.439 e. The van der Waals surface area contributed by atoms with Crippen LogP contribution in [0.3, 0.4) is 0 Å². The van der Waals surface area contributed by atoms with Crippen molar-refractivity contribution < 1.29 is 9.53 Å². The van der Waals surface area contributed by atoms with Gasteiger partial charge in [-0.2, -0.15) is 0 Å². The van der Waals surface area contributed by atoms with Gasteiger partial charge >= 0.3 is 6.09 Å². The molecule has 1 heterocycles. The van der Waals surface area contributed by atoms with Crippen molar-refractivity contribution in [3.63, 3.8) is 0 Å². The first-order valence-corrected chi connectivity index (χ1v) is 9.28. The van der Waals surface area contributed by atoms with Crippen LogP contribution in [0.2, 0.25) is 5.02 Å². The summed E-state index contributed by atoms with van der Waals surface area (Å²) in [5.74, 6) is 3.24. The van der Waals surface area contributed by atoms with E-state index in [-0.39, 0.29) is 12.2 Å². The van der Waals surface area contributed by atoms with Gasteiger partial charge in [0.1, 0.15) is 6.10 Å². The van der Waals surface area contributed by atoms with Crippen LogP contribution in [0, 0.1) is 23.7 Å². The Morgan fingerprint density at radius 2 is 1.65 bits per heavy atom. The Morgan fingerprint density at radius 1 is 1.00 bits per heavy atom. The highest BCUT2D eigenvalue weighted by atomic mass is 35.5. The molecule has 1 atom stereocenters. The third kappa shape index (κ3) is 2.20. The summed E-state index contributed by atoms with van der Waals surface area (Å²) in [4.78, 5) is 14.6. The molecule has 4 saturated carbocycles. The minimum absolute atomic E-state index is 0.132. The molecule has 1 aromatic rings. The lowest BCUT2D eigenvalue weighted by atomic mass is 9.54. The van der Waals surface area contributed by atoms with Gasteiger partial charge in [0.05, 0.1) is 6.54 Å². The van der Waals surface area contributed by atoms with E-state index in [1.165, 1.54) is 32.1 Å². The van der Waals surface area contributed by atoms with Crippen molar-refractivity contribution in [2.45, 2.75) is 44.2 Å². The first-order valence-electron chi connectivity index (χ1n) is 8.90. The number of carbonyl (C=O) groups is 1. The predicted octanol–water partition coefficient (Wildman–Crippen LogP) is 4.66. The Hall–Kier alpha value is -1.22. The standard InChI is InChI=1S/C19H22ClNO2/c20-16-4-2-1-3-15(16)17-10-21(19(22)23-17)18-13-6-11-5-12(8-13)9-14(18)7-11/h1-4,11-14,17-18H,5-10H2/t11?,12?,13?,14?,17-,18?/m1/s1. The number of hydrogen-bond donors (Lipinski definition) is 0. The first kappa shape index (κ1) is 14.2. The van der Waals surface area contributed by atoms with Crippen molar-refractivity contribution in [3.8, 4) is 0 Å². The number of carbonyl (C=O) groups excluding carboxylic acids is 1. The molecule has 6 rings (SSSR count). The van der Waals surface area contributed by atoms with Gasteiger partial charge in [-0.1, -0.05) is 29.8 Å². The normalized spacial score (nSPS) is 41.4. The summed E-state index contributed by atoms with van der Waals surface area (Å²) in [5.41, 5.74) is 0.939. The average molecular weight is 332 g/mol. The quantitative estimate of drug-likeness (QED) is 0.789. The Kier molecular flexibility index (Phi) is 3.16. The molecule has 122 valence electrons. The maximum Gasteiger partial charge on any atom is 0.410 e. The maximum absolute atomic E-state index is 12.6. The van der Waals surface area contributed by atoms with Crippen LogP contribution in [-0.4, -0.2) is 23.6 Å². The molecule has 23 heavy (non-hydrogen) atoms. The zero-order valence-electron chi connectivity index (χ0n) is 13.2. The van der Waals surface area contributed by atoms with Crippen molar-refractivity contribution >= 4 is 17.7 Å². The molecule has 1 aromatic carbocycles. The molecule has 0 spiro atoms. The van der Waals surface area contributed by atoms with Gasteiger partial charge in [0.25, 0.3) is 0 Å². The highest BCUT2D eigenvalue weighted by Crippen LogP contribution is 2.56. The van der Waals surface area contributed by atoms with Crippen LogP contribution in [0.4, 0.5) is 4.79 Å². The fourth-order valence-electron chi connectivity index (χ4n) is 6.03. The molecule has 4 bridgehead atoms. The molecule has 0 N–H and O–H groups in total. The largest absolute Gasteiger partial charge is 0.439 e. The van der Waals surface area contributed by atoms with Crippen LogP contribution in [0.25, 0.3) is 0 Å². The van der Waals surface area contributed by atoms with Gasteiger partial charge < -0.3 is 9.64 Å². The lowest BCUT2D eigenvalue weighted by molar-refractivity contribution is -0.0480. The second-order valence-corrected chi connectivity index (χ2v) is 8.37. The minimum atomic E-state index is -0.214. The summed E-state index contributed by atoms with van der Waals surface area (Å²) < 4.78 is 5.70. The van der Waals surface area contributed by atoms with Crippen LogP contribution >= 0.6 is 11.6 Å². The van der Waals surface area contributed by atoms with Crippen molar-refractivity contribution in [3.05, 3.63) is 34.9 Å². The zero-order chi connectivity index (χ0) is 15.6. The van der Waals surface area contributed by atoms with Crippen LogP contribution in [0.15, 0.2) is 24.3 Å². The monoisotopic (exact) mass is 331 g/mol. The zero-order valence-corrected chi connectivity index (χ0v) is 13.9. The van der Waals surface area contributed by atoms with Gasteiger partial charge in [-0.3, -0.25) is 0 Å². The number of amides is 1. The van der Waals surface area contributed by atoms with Crippen LogP contribution in [0.1, 0.15) is 43.8 Å².